The van der Waals surface area contributed by atoms with Crippen LogP contribution in [-0.4, -0.2) is 38.6 Å². The van der Waals surface area contributed by atoms with Crippen LogP contribution in [0.4, 0.5) is 0 Å². The monoisotopic (exact) mass is 341 g/mol. The van der Waals surface area contributed by atoms with Gasteiger partial charge in [-0.1, -0.05) is 89.9 Å². The molecular weight excluding hydrogens is 298 g/mol. The molecule has 0 spiro atoms. The molecule has 0 bridgehead atoms. The van der Waals surface area contributed by atoms with Gasteiger partial charge in [-0.05, 0) is 33.5 Å². The Morgan fingerprint density at radius 3 is 1.25 bits per heavy atom. The largest absolute Gasteiger partial charge is 0.468 e. The Bertz CT molecular complexity index is 244. The van der Waals surface area contributed by atoms with Gasteiger partial charge in [0, 0.05) is 0 Å². The van der Waals surface area contributed by atoms with E-state index in [1.54, 1.807) is 0 Å². The van der Waals surface area contributed by atoms with E-state index in [4.69, 9.17) is 0 Å². The molecule has 24 heavy (non-hydrogen) atoms. The average molecular weight is 342 g/mol. The molecule has 3 heteroatoms. The van der Waals surface area contributed by atoms with Crippen molar-refractivity contribution in [2.45, 2.75) is 103 Å². The van der Waals surface area contributed by atoms with E-state index in [0.717, 1.165) is 6.42 Å². The lowest BCUT2D eigenvalue weighted by atomic mass is 10.0. The summed E-state index contributed by atoms with van der Waals surface area (Å²) in [6, 6.07) is 0. The summed E-state index contributed by atoms with van der Waals surface area (Å²) in [5.41, 5.74) is 0. The second kappa shape index (κ2) is 20.5. The van der Waals surface area contributed by atoms with E-state index in [1.807, 2.05) is 0 Å². The highest BCUT2D eigenvalue weighted by Gasteiger charge is 1.95. The zero-order chi connectivity index (χ0) is 17.7. The van der Waals surface area contributed by atoms with Crippen molar-refractivity contribution in [3.8, 4) is 0 Å². The molecule has 3 nitrogen and oxygen atoms in total. The van der Waals surface area contributed by atoms with Crippen molar-refractivity contribution in [3.63, 3.8) is 0 Å². The number of carbonyl (C=O) groups excluding carboxylic acids is 1. The molecule has 0 saturated carbocycles. The first-order chi connectivity index (χ1) is 11.8. The summed E-state index contributed by atoms with van der Waals surface area (Å²) in [6.45, 7) is 2.39. The van der Waals surface area contributed by atoms with Crippen LogP contribution in [0.25, 0.3) is 0 Å². The maximum atomic E-state index is 9.97. The molecule has 0 amide bonds. The Kier molecular flexibility index (Phi) is 20.0. The molecule has 0 atom stereocenters. The predicted molar refractivity (Wildman–Crippen MR) is 104 cm³/mol. The van der Waals surface area contributed by atoms with Crippen LogP contribution in [0.2, 0.25) is 0 Å². The second-order valence-corrected chi connectivity index (χ2v) is 7.43. The number of hydrogen-bond donors (Lipinski definition) is 0. The van der Waals surface area contributed by atoms with Gasteiger partial charge in [0.25, 0.3) is 6.47 Å². The minimum absolute atomic E-state index is 0.548. The number of ether oxygens (including phenoxy) is 1. The first kappa shape index (κ1) is 23.4. The molecule has 0 unspecified atom stereocenters. The third kappa shape index (κ3) is 21.4. The van der Waals surface area contributed by atoms with E-state index in [-0.39, 0.29) is 0 Å². The molecule has 0 aromatic heterocycles. The lowest BCUT2D eigenvalue weighted by Gasteiger charge is -2.08. The fraction of sp³-hybridized carbons (Fsp3) is 0.952. The van der Waals surface area contributed by atoms with E-state index < -0.39 is 0 Å². The molecule has 0 aliphatic carbocycles. The first-order valence-electron chi connectivity index (χ1n) is 10.5. The minimum atomic E-state index is 0.548. The first-order valence-corrected chi connectivity index (χ1v) is 10.5. The topological polar surface area (TPSA) is 29.5 Å². The molecule has 0 aliphatic heterocycles. The zero-order valence-corrected chi connectivity index (χ0v) is 16.6. The summed E-state index contributed by atoms with van der Waals surface area (Å²) >= 11 is 0. The number of unbranched alkanes of at least 4 members (excludes halogenated alkanes) is 15. The van der Waals surface area contributed by atoms with Crippen molar-refractivity contribution in [2.24, 2.45) is 0 Å². The molecule has 0 aliphatic rings. The van der Waals surface area contributed by atoms with Gasteiger partial charge in [-0.15, -0.1) is 0 Å². The minimum Gasteiger partial charge on any atom is -0.468 e. The molecule has 0 saturated heterocycles. The third-order valence-electron chi connectivity index (χ3n) is 4.69. The molecule has 0 heterocycles. The van der Waals surface area contributed by atoms with Crippen LogP contribution in [0.3, 0.4) is 0 Å². The van der Waals surface area contributed by atoms with E-state index in [2.05, 4.69) is 23.7 Å². The normalized spacial score (nSPS) is 11.1. The predicted octanol–water partition coefficient (Wildman–Crippen LogP) is 5.96. The quantitative estimate of drug-likeness (QED) is 0.202. The third-order valence-corrected chi connectivity index (χ3v) is 4.69. The Morgan fingerprint density at radius 2 is 0.917 bits per heavy atom. The Balaban J connectivity index is 2.97. The summed E-state index contributed by atoms with van der Waals surface area (Å²) in [5, 5.41) is 0. The number of rotatable bonds is 20. The van der Waals surface area contributed by atoms with Crippen molar-refractivity contribution in [1.29, 1.82) is 0 Å². The van der Waals surface area contributed by atoms with Gasteiger partial charge in [0.2, 0.25) is 0 Å². The molecule has 0 N–H and O–H groups in total. The highest BCUT2D eigenvalue weighted by atomic mass is 16.5. The van der Waals surface area contributed by atoms with E-state index in [9.17, 15) is 4.79 Å². The standard InChI is InChI=1S/C21H43NO2/c1-22(2)19-17-15-13-11-9-7-5-3-4-6-8-10-12-14-16-18-20-24-21-23/h21H,3-20H2,1-2H3. The van der Waals surface area contributed by atoms with Gasteiger partial charge >= 0.3 is 0 Å². The van der Waals surface area contributed by atoms with Crippen LogP contribution < -0.4 is 0 Å². The van der Waals surface area contributed by atoms with E-state index >= 15 is 0 Å². The molecular formula is C21H43NO2. The van der Waals surface area contributed by atoms with Gasteiger partial charge in [-0.3, -0.25) is 4.79 Å². The highest BCUT2D eigenvalue weighted by Crippen LogP contribution is 2.13. The van der Waals surface area contributed by atoms with Gasteiger partial charge < -0.3 is 9.64 Å². The molecule has 0 aromatic carbocycles. The Hall–Kier alpha value is -0.570. The number of nitrogens with zero attached hydrogens (tertiary/aromatic N) is 1. The molecule has 0 rings (SSSR count). The fourth-order valence-corrected chi connectivity index (χ4v) is 3.14. The maximum Gasteiger partial charge on any atom is 0.293 e. The average Bonchev–Trinajstić information content (AvgIpc) is 2.56. The second-order valence-electron chi connectivity index (χ2n) is 7.43. The summed E-state index contributed by atoms with van der Waals surface area (Å²) in [6.07, 6.45) is 21.8. The van der Waals surface area contributed by atoms with E-state index in [1.165, 1.54) is 103 Å². The molecule has 144 valence electrons. The fourth-order valence-electron chi connectivity index (χ4n) is 3.14. The molecule has 0 fully saturated rings. The maximum absolute atomic E-state index is 9.97. The van der Waals surface area contributed by atoms with Gasteiger partial charge in [-0.25, -0.2) is 0 Å². The number of hydrogen-bond acceptors (Lipinski definition) is 3. The van der Waals surface area contributed by atoms with Crippen molar-refractivity contribution >= 4 is 6.47 Å². The van der Waals surface area contributed by atoms with Crippen molar-refractivity contribution in [2.75, 3.05) is 27.2 Å². The summed E-state index contributed by atoms with van der Waals surface area (Å²) < 4.78 is 4.68. The molecule has 0 aromatic rings. The smallest absolute Gasteiger partial charge is 0.293 e. The van der Waals surface area contributed by atoms with Crippen molar-refractivity contribution in [3.05, 3.63) is 0 Å². The van der Waals surface area contributed by atoms with Crippen LogP contribution in [0, 0.1) is 0 Å². The zero-order valence-electron chi connectivity index (χ0n) is 16.6. The van der Waals surface area contributed by atoms with Crippen LogP contribution >= 0.6 is 0 Å². The van der Waals surface area contributed by atoms with Crippen LogP contribution in [0.1, 0.15) is 103 Å². The molecule has 0 radical (unpaired) electrons. The SMILES string of the molecule is CN(C)CCCCCCCCCCCCCCCCCCOC=O. The summed E-state index contributed by atoms with van der Waals surface area (Å²) in [4.78, 5) is 12.3. The van der Waals surface area contributed by atoms with Gasteiger partial charge in [0.15, 0.2) is 0 Å². The Morgan fingerprint density at radius 1 is 0.583 bits per heavy atom. The van der Waals surface area contributed by atoms with Gasteiger partial charge in [0.1, 0.15) is 0 Å². The van der Waals surface area contributed by atoms with Crippen LogP contribution in [-0.2, 0) is 9.53 Å². The van der Waals surface area contributed by atoms with Crippen molar-refractivity contribution in [1.82, 2.24) is 4.90 Å². The summed E-state index contributed by atoms with van der Waals surface area (Å²) in [5.74, 6) is 0. The van der Waals surface area contributed by atoms with Crippen LogP contribution in [0.5, 0.6) is 0 Å². The van der Waals surface area contributed by atoms with Crippen molar-refractivity contribution < 1.29 is 9.53 Å². The van der Waals surface area contributed by atoms with Gasteiger partial charge in [0.05, 0.1) is 6.61 Å². The summed E-state index contributed by atoms with van der Waals surface area (Å²) in [7, 11) is 4.32. The number of carbonyl (C=O) groups is 1. The highest BCUT2D eigenvalue weighted by molar-refractivity contribution is 5.36. The lowest BCUT2D eigenvalue weighted by molar-refractivity contribution is -0.128. The Labute approximate surface area is 151 Å². The lowest BCUT2D eigenvalue weighted by Crippen LogP contribution is -2.12. The van der Waals surface area contributed by atoms with Crippen LogP contribution in [0.15, 0.2) is 0 Å². The van der Waals surface area contributed by atoms with Gasteiger partial charge in [-0.2, -0.15) is 0 Å². The van der Waals surface area contributed by atoms with E-state index in [0.29, 0.717) is 13.1 Å².